The summed E-state index contributed by atoms with van der Waals surface area (Å²) in [6, 6.07) is 33.4. The van der Waals surface area contributed by atoms with Gasteiger partial charge in [-0.3, -0.25) is 0 Å². The van der Waals surface area contributed by atoms with Gasteiger partial charge in [-0.2, -0.15) is 13.2 Å². The normalized spacial score (nSPS) is 11.6. The van der Waals surface area contributed by atoms with Crippen LogP contribution in [-0.4, -0.2) is 0 Å². The fraction of sp³-hybridized carbons (Fsp3) is 0.0769. The predicted octanol–water partition coefficient (Wildman–Crippen LogP) is 7.43. The summed E-state index contributed by atoms with van der Waals surface area (Å²) in [5.41, 5.74) is -0.422. The van der Waals surface area contributed by atoms with Crippen molar-refractivity contribution in [1.82, 2.24) is 0 Å². The van der Waals surface area contributed by atoms with E-state index < -0.39 is 19.0 Å². The van der Waals surface area contributed by atoms with Crippen LogP contribution >= 0.6 is 35.8 Å². The van der Waals surface area contributed by atoms with Gasteiger partial charge in [0.05, 0.1) is 11.7 Å². The van der Waals surface area contributed by atoms with Gasteiger partial charge in [0, 0.05) is 10.6 Å². The third-order valence-corrected chi connectivity index (χ3v) is 9.96. The van der Waals surface area contributed by atoms with E-state index in [2.05, 4.69) is 0 Å². The van der Waals surface area contributed by atoms with Gasteiger partial charge < -0.3 is 0 Å². The average Bonchev–Trinajstić information content (AvgIpc) is 2.78. The zero-order valence-corrected chi connectivity index (χ0v) is 20.3. The molecule has 0 saturated carbocycles. The second kappa shape index (κ2) is 10.2. The Bertz CT molecular complexity index is 1050. The summed E-state index contributed by atoms with van der Waals surface area (Å²) in [4.78, 5) is 0. The van der Waals surface area contributed by atoms with Crippen molar-refractivity contribution in [3.05, 3.63) is 125 Å². The van der Waals surface area contributed by atoms with Crippen molar-refractivity contribution in [2.45, 2.75) is 12.3 Å². The van der Waals surface area contributed by atoms with Crippen LogP contribution in [0.1, 0.15) is 11.1 Å². The van der Waals surface area contributed by atoms with E-state index in [1.54, 1.807) is 0 Å². The number of rotatable bonds is 5. The molecule has 0 N–H and O–H groups in total. The predicted molar refractivity (Wildman–Crippen MR) is 136 cm³/mol. The molecule has 0 aromatic heterocycles. The van der Waals surface area contributed by atoms with E-state index in [4.69, 9.17) is 11.6 Å². The summed E-state index contributed by atoms with van der Waals surface area (Å²) in [6.45, 7) is 0. The van der Waals surface area contributed by atoms with E-state index in [0.29, 0.717) is 5.02 Å². The van der Waals surface area contributed by atoms with E-state index in [0.717, 1.165) is 22.0 Å². The second-order valence-corrected chi connectivity index (χ2v) is 11.2. The van der Waals surface area contributed by atoms with Gasteiger partial charge in [-0.25, -0.2) is 0 Å². The molecule has 4 aromatic carbocycles. The molecule has 0 nitrogen and oxygen atoms in total. The highest BCUT2D eigenvalue weighted by molar-refractivity contribution is 8.93. The molecule has 32 heavy (non-hydrogen) atoms. The topological polar surface area (TPSA) is 0 Å². The fourth-order valence-electron chi connectivity index (χ4n) is 3.99. The van der Waals surface area contributed by atoms with Crippen LogP contribution in [-0.2, 0) is 12.3 Å². The van der Waals surface area contributed by atoms with Crippen LogP contribution < -0.4 is 15.9 Å². The molecular weight excluding hydrogens is 516 g/mol. The van der Waals surface area contributed by atoms with E-state index in [9.17, 15) is 13.2 Å². The Labute approximate surface area is 202 Å². The molecule has 0 aliphatic rings. The zero-order valence-electron chi connectivity index (χ0n) is 17.0. The highest BCUT2D eigenvalue weighted by Gasteiger charge is 2.47. The lowest BCUT2D eigenvalue weighted by Gasteiger charge is -2.29. The first-order chi connectivity index (χ1) is 14.9. The second-order valence-electron chi connectivity index (χ2n) is 7.27. The Kier molecular flexibility index (Phi) is 7.82. The zero-order chi connectivity index (χ0) is 21.9. The number of halogens is 5. The molecule has 0 aliphatic heterocycles. The van der Waals surface area contributed by atoms with Crippen molar-refractivity contribution < 1.29 is 13.2 Å². The third kappa shape index (κ3) is 4.93. The van der Waals surface area contributed by atoms with Crippen molar-refractivity contribution in [3.8, 4) is 0 Å². The Morgan fingerprint density at radius 3 is 1.41 bits per heavy atom. The van der Waals surface area contributed by atoms with Gasteiger partial charge in [-0.15, -0.1) is 17.0 Å². The number of hydrogen-bond acceptors (Lipinski definition) is 0. The molecule has 0 amide bonds. The van der Waals surface area contributed by atoms with Crippen molar-refractivity contribution >= 4 is 51.8 Å². The highest BCUT2D eigenvalue weighted by Crippen LogP contribution is 2.59. The van der Waals surface area contributed by atoms with Gasteiger partial charge in [0.25, 0.3) is 0 Å². The lowest BCUT2D eigenvalue weighted by Crippen LogP contribution is -2.33. The van der Waals surface area contributed by atoms with Gasteiger partial charge in [0.1, 0.15) is 23.2 Å². The molecule has 0 heterocycles. The molecule has 164 valence electrons. The van der Waals surface area contributed by atoms with Gasteiger partial charge >= 0.3 is 6.18 Å². The monoisotopic (exact) mass is 535 g/mol. The molecule has 0 spiro atoms. The van der Waals surface area contributed by atoms with Crippen molar-refractivity contribution in [1.29, 1.82) is 0 Å². The van der Waals surface area contributed by atoms with Crippen LogP contribution in [0.25, 0.3) is 0 Å². The van der Waals surface area contributed by atoms with Crippen LogP contribution in [0.15, 0.2) is 109 Å². The summed E-state index contributed by atoms with van der Waals surface area (Å²) in [5, 5.41) is 3.39. The Morgan fingerprint density at radius 1 is 0.625 bits per heavy atom. The van der Waals surface area contributed by atoms with E-state index in [1.165, 1.54) is 12.1 Å². The number of benzene rings is 4. The maximum absolute atomic E-state index is 13.9. The Morgan fingerprint density at radius 2 is 1.03 bits per heavy atom. The summed E-state index contributed by atoms with van der Waals surface area (Å²) in [5.74, 6) is 0. The summed E-state index contributed by atoms with van der Waals surface area (Å²) < 4.78 is 41.8. The standard InChI is InChI=1S/C26H20ClF3P.BrH/c27-21-16-17-25(26(28,29)30)20(18-21)19-31(22-10-4-1-5-11-22,23-12-6-2-7-13-23)24-14-8-3-9-15-24;/h1-18H,19H2;1H/q+1;. The molecule has 0 bridgehead atoms. The van der Waals surface area contributed by atoms with Gasteiger partial charge in [0.15, 0.2) is 0 Å². The molecule has 0 radical (unpaired) electrons. The molecule has 0 atom stereocenters. The lowest BCUT2D eigenvalue weighted by molar-refractivity contribution is -0.138. The molecule has 0 saturated heterocycles. The van der Waals surface area contributed by atoms with Crippen molar-refractivity contribution in [2.24, 2.45) is 0 Å². The van der Waals surface area contributed by atoms with Gasteiger partial charge in [-0.05, 0) is 54.6 Å². The van der Waals surface area contributed by atoms with Crippen LogP contribution in [0.3, 0.4) is 0 Å². The van der Waals surface area contributed by atoms with Crippen LogP contribution in [0, 0.1) is 0 Å². The van der Waals surface area contributed by atoms with Crippen molar-refractivity contribution in [3.63, 3.8) is 0 Å². The largest absolute Gasteiger partial charge is 0.416 e. The maximum Gasteiger partial charge on any atom is 0.416 e. The first-order valence-corrected chi connectivity index (χ1v) is 12.2. The summed E-state index contributed by atoms with van der Waals surface area (Å²) in [7, 11) is -2.45. The Hall–Kier alpha value is -2.13. The maximum atomic E-state index is 13.9. The van der Waals surface area contributed by atoms with Gasteiger partial charge in [-0.1, -0.05) is 66.2 Å². The molecule has 0 fully saturated rings. The minimum atomic E-state index is -4.46. The smallest absolute Gasteiger partial charge is 0.166 e. The fourth-order valence-corrected chi connectivity index (χ4v) is 8.45. The first kappa shape index (κ1) is 24.5. The van der Waals surface area contributed by atoms with E-state index >= 15 is 0 Å². The summed E-state index contributed by atoms with van der Waals surface area (Å²) in [6.07, 6.45) is -4.24. The third-order valence-electron chi connectivity index (χ3n) is 5.37. The van der Waals surface area contributed by atoms with Crippen LogP contribution in [0.2, 0.25) is 5.02 Å². The number of hydrogen-bond donors (Lipinski definition) is 0. The lowest BCUT2D eigenvalue weighted by atomic mass is 10.1. The SMILES string of the molecule is Br.FC(F)(F)c1ccc(Cl)cc1C[P+](c1ccccc1)(c1ccccc1)c1ccccc1. The first-order valence-electron chi connectivity index (χ1n) is 9.82. The Balaban J connectivity index is 0.00000289. The van der Waals surface area contributed by atoms with Gasteiger partial charge in [0.2, 0.25) is 0 Å². The van der Waals surface area contributed by atoms with Crippen LogP contribution in [0.4, 0.5) is 13.2 Å². The molecule has 4 aromatic rings. The minimum Gasteiger partial charge on any atom is -0.166 e. The average molecular weight is 537 g/mol. The van der Waals surface area contributed by atoms with Crippen molar-refractivity contribution in [2.75, 3.05) is 0 Å². The quantitative estimate of drug-likeness (QED) is 0.233. The summed E-state index contributed by atoms with van der Waals surface area (Å²) >= 11 is 6.18. The van der Waals surface area contributed by atoms with Crippen LogP contribution in [0.5, 0.6) is 0 Å². The number of alkyl halides is 3. The van der Waals surface area contributed by atoms with E-state index in [-0.39, 0.29) is 28.7 Å². The molecule has 6 heteroatoms. The molecule has 0 unspecified atom stereocenters. The molecule has 0 aliphatic carbocycles. The minimum absolute atomic E-state index is 0. The van der Waals surface area contributed by atoms with E-state index in [1.807, 2.05) is 91.0 Å². The highest BCUT2D eigenvalue weighted by atomic mass is 79.9. The molecular formula is C26H21BrClF3P+. The molecule has 4 rings (SSSR count).